The molecule has 190 valence electrons. The van der Waals surface area contributed by atoms with Crippen molar-refractivity contribution < 1.29 is 28.7 Å². The number of hydrogen-bond acceptors (Lipinski definition) is 7. The molecule has 3 heterocycles. The van der Waals surface area contributed by atoms with Crippen molar-refractivity contribution in [3.8, 4) is 0 Å². The zero-order valence-electron chi connectivity index (χ0n) is 20.9. The Morgan fingerprint density at radius 3 is 2.53 bits per heavy atom. The van der Waals surface area contributed by atoms with Gasteiger partial charge in [0.15, 0.2) is 0 Å². The molecule has 0 N–H and O–H groups in total. The number of rotatable bonds is 7. The number of nitrogens with zero attached hydrogens (tertiary/aromatic N) is 3. The van der Waals surface area contributed by atoms with Crippen LogP contribution in [0.4, 0.5) is 4.79 Å². The number of fused-ring (bicyclic) bond motifs is 5. The van der Waals surface area contributed by atoms with Crippen LogP contribution in [0.2, 0.25) is 0 Å². The highest BCUT2D eigenvalue weighted by Gasteiger charge is 2.70. The molecule has 1 aliphatic carbocycles. The second kappa shape index (κ2) is 9.28. The lowest BCUT2D eigenvalue weighted by Gasteiger charge is -2.50. The van der Waals surface area contributed by atoms with Crippen LogP contribution in [-0.4, -0.2) is 71.9 Å². The molecule has 1 aromatic carbocycles. The van der Waals surface area contributed by atoms with Crippen molar-refractivity contribution in [1.29, 1.82) is 0 Å². The van der Waals surface area contributed by atoms with Gasteiger partial charge in [0.05, 0.1) is 25.0 Å². The molecule has 9 nitrogen and oxygen atoms in total. The highest BCUT2D eigenvalue weighted by molar-refractivity contribution is 6.17. The summed E-state index contributed by atoms with van der Waals surface area (Å²) in [4.78, 5) is 61.3. The van der Waals surface area contributed by atoms with Crippen LogP contribution in [-0.2, 0) is 30.3 Å². The van der Waals surface area contributed by atoms with E-state index in [2.05, 4.69) is 4.99 Å². The van der Waals surface area contributed by atoms with Gasteiger partial charge in [0.2, 0.25) is 17.7 Å². The van der Waals surface area contributed by atoms with E-state index in [0.717, 1.165) is 11.1 Å². The zero-order valence-corrected chi connectivity index (χ0v) is 20.9. The summed E-state index contributed by atoms with van der Waals surface area (Å²) in [6.07, 6.45) is 0.882. The molecular formula is C27H31N3O6. The third kappa shape index (κ3) is 3.36. The Bertz CT molecular complexity index is 1180. The van der Waals surface area contributed by atoms with Gasteiger partial charge in [-0.1, -0.05) is 42.8 Å². The first-order chi connectivity index (χ1) is 17.4. The lowest BCUT2D eigenvalue weighted by molar-refractivity contribution is -0.141. The molecule has 0 bridgehead atoms. The van der Waals surface area contributed by atoms with Gasteiger partial charge in [0.25, 0.3) is 5.91 Å². The van der Waals surface area contributed by atoms with Crippen molar-refractivity contribution in [2.24, 2.45) is 22.7 Å². The predicted octanol–water partition coefficient (Wildman–Crippen LogP) is 2.74. The van der Waals surface area contributed by atoms with Crippen LogP contribution in [0.5, 0.6) is 0 Å². The quantitative estimate of drug-likeness (QED) is 0.427. The molecule has 0 spiro atoms. The third-order valence-electron chi connectivity index (χ3n) is 8.06. The van der Waals surface area contributed by atoms with Crippen LogP contribution in [0.3, 0.4) is 0 Å². The number of carbonyl (C=O) groups excluding carboxylic acids is 4. The summed E-state index contributed by atoms with van der Waals surface area (Å²) in [5.74, 6) is -2.48. The van der Waals surface area contributed by atoms with Gasteiger partial charge in [-0.05, 0) is 31.7 Å². The Morgan fingerprint density at radius 2 is 1.86 bits per heavy atom. The zero-order chi connectivity index (χ0) is 25.6. The molecule has 1 saturated carbocycles. The van der Waals surface area contributed by atoms with E-state index in [-0.39, 0.29) is 37.2 Å². The van der Waals surface area contributed by atoms with E-state index in [1.807, 2.05) is 37.3 Å². The maximum atomic E-state index is 13.9. The molecule has 2 saturated heterocycles. The van der Waals surface area contributed by atoms with E-state index < -0.39 is 35.3 Å². The van der Waals surface area contributed by atoms with Crippen molar-refractivity contribution in [2.45, 2.75) is 45.1 Å². The molecule has 0 aromatic heterocycles. The Labute approximate surface area is 210 Å². The lowest BCUT2D eigenvalue weighted by Crippen LogP contribution is -2.65. The topological polar surface area (TPSA) is 106 Å². The van der Waals surface area contributed by atoms with Gasteiger partial charge in [-0.2, -0.15) is 0 Å². The van der Waals surface area contributed by atoms with Crippen LogP contribution in [0.25, 0.3) is 0 Å². The Balaban J connectivity index is 1.78. The van der Waals surface area contributed by atoms with Crippen LogP contribution in [0.1, 0.15) is 38.7 Å². The number of benzene rings is 1. The summed E-state index contributed by atoms with van der Waals surface area (Å²) in [7, 11) is 1.55. The van der Waals surface area contributed by atoms with Gasteiger partial charge in [-0.3, -0.25) is 24.3 Å². The van der Waals surface area contributed by atoms with E-state index in [0.29, 0.717) is 31.4 Å². The molecule has 9 heteroatoms. The highest BCUT2D eigenvalue weighted by atomic mass is 16.6. The Morgan fingerprint density at radius 1 is 1.11 bits per heavy atom. The SMILES string of the molecule is CCC1=C2CC[C@H]3C(=O)N(CC)C(=O)[C@H]3[C@H]2[C@@]2(Cc3ccccc3)C(=NCCOC)OC(=O)N2C1=O. The van der Waals surface area contributed by atoms with Crippen molar-refractivity contribution in [1.82, 2.24) is 9.80 Å². The maximum Gasteiger partial charge on any atom is 0.424 e. The molecule has 4 amide bonds. The first-order valence-electron chi connectivity index (χ1n) is 12.6. The fraction of sp³-hybridized carbons (Fsp3) is 0.519. The van der Waals surface area contributed by atoms with E-state index in [1.54, 1.807) is 14.0 Å². The molecule has 3 aliphatic heterocycles. The largest absolute Gasteiger partial charge is 0.424 e. The van der Waals surface area contributed by atoms with Crippen molar-refractivity contribution in [3.05, 3.63) is 47.0 Å². The predicted molar refractivity (Wildman–Crippen MR) is 130 cm³/mol. The van der Waals surface area contributed by atoms with Gasteiger partial charge in [0, 0.05) is 31.6 Å². The molecule has 36 heavy (non-hydrogen) atoms. The van der Waals surface area contributed by atoms with Gasteiger partial charge in [0.1, 0.15) is 5.54 Å². The second-order valence-corrected chi connectivity index (χ2v) is 9.70. The number of imide groups is 2. The molecule has 0 unspecified atom stereocenters. The highest BCUT2D eigenvalue weighted by Crippen LogP contribution is 2.57. The summed E-state index contributed by atoms with van der Waals surface area (Å²) in [5.41, 5.74) is 0.930. The summed E-state index contributed by atoms with van der Waals surface area (Å²) < 4.78 is 10.9. The number of aliphatic imine (C=N–C) groups is 1. The smallest absolute Gasteiger partial charge is 0.393 e. The van der Waals surface area contributed by atoms with Gasteiger partial charge in [-0.25, -0.2) is 9.69 Å². The molecular weight excluding hydrogens is 462 g/mol. The first kappa shape index (κ1) is 24.4. The molecule has 3 fully saturated rings. The number of carbonyl (C=O) groups is 4. The Hall–Kier alpha value is -3.33. The fourth-order valence-electron chi connectivity index (χ4n) is 6.65. The normalized spacial score (nSPS) is 30.6. The molecule has 1 aromatic rings. The van der Waals surface area contributed by atoms with E-state index in [1.165, 1.54) is 9.80 Å². The van der Waals surface area contributed by atoms with Crippen molar-refractivity contribution in [2.75, 3.05) is 26.8 Å². The second-order valence-electron chi connectivity index (χ2n) is 9.70. The first-order valence-corrected chi connectivity index (χ1v) is 12.6. The van der Waals surface area contributed by atoms with Crippen LogP contribution in [0.15, 0.2) is 46.5 Å². The summed E-state index contributed by atoms with van der Waals surface area (Å²) in [6, 6.07) is 9.52. The van der Waals surface area contributed by atoms with E-state index in [9.17, 15) is 19.2 Å². The van der Waals surface area contributed by atoms with Crippen LogP contribution in [0, 0.1) is 17.8 Å². The van der Waals surface area contributed by atoms with Crippen molar-refractivity contribution >= 4 is 29.7 Å². The van der Waals surface area contributed by atoms with Crippen LogP contribution >= 0.6 is 0 Å². The molecule has 0 radical (unpaired) electrons. The number of methoxy groups -OCH3 is 1. The summed E-state index contributed by atoms with van der Waals surface area (Å²) in [5, 5.41) is 0. The standard InChI is InChI=1S/C27H31N3O6/c1-4-17-18-11-12-19-20(24(33)29(5-2)22(19)31)21(18)27(15-16-9-7-6-8-10-16)25(28-13-14-35-3)36-26(34)30(27)23(17)32/h6-10,19-21H,4-5,11-15H2,1-3H3/t19-,20-,21+,27+/m1/s1. The number of likely N-dealkylation sites (tertiary alicyclic amines) is 1. The van der Waals surface area contributed by atoms with Gasteiger partial charge in [-0.15, -0.1) is 0 Å². The number of ether oxygens (including phenoxy) is 2. The average molecular weight is 494 g/mol. The van der Waals surface area contributed by atoms with Crippen LogP contribution < -0.4 is 0 Å². The number of amides is 4. The van der Waals surface area contributed by atoms with Gasteiger partial charge < -0.3 is 9.47 Å². The Kier molecular flexibility index (Phi) is 6.28. The molecule has 5 rings (SSSR count). The molecule has 4 aliphatic rings. The minimum Gasteiger partial charge on any atom is -0.393 e. The minimum absolute atomic E-state index is 0.121. The summed E-state index contributed by atoms with van der Waals surface area (Å²) in [6.45, 7) is 4.49. The van der Waals surface area contributed by atoms with Gasteiger partial charge >= 0.3 is 6.09 Å². The lowest BCUT2D eigenvalue weighted by atomic mass is 9.58. The monoisotopic (exact) mass is 493 g/mol. The molecule has 4 atom stereocenters. The maximum absolute atomic E-state index is 13.9. The minimum atomic E-state index is -1.33. The van der Waals surface area contributed by atoms with E-state index >= 15 is 0 Å². The summed E-state index contributed by atoms with van der Waals surface area (Å²) >= 11 is 0. The average Bonchev–Trinajstić information content (AvgIpc) is 3.29. The third-order valence-corrected chi connectivity index (χ3v) is 8.06. The number of hydrogen-bond donors (Lipinski definition) is 0. The number of cyclic esters (lactones) is 1. The fourth-order valence-corrected chi connectivity index (χ4v) is 6.65. The van der Waals surface area contributed by atoms with E-state index in [4.69, 9.17) is 9.47 Å². The van der Waals surface area contributed by atoms with Crippen molar-refractivity contribution in [3.63, 3.8) is 0 Å².